The van der Waals surface area contributed by atoms with Crippen molar-refractivity contribution >= 4 is 23.5 Å². The highest BCUT2D eigenvalue weighted by Crippen LogP contribution is 2.35. The van der Waals surface area contributed by atoms with Crippen LogP contribution in [-0.2, 0) is 4.79 Å². The van der Waals surface area contributed by atoms with Gasteiger partial charge < -0.3 is 19.9 Å². The van der Waals surface area contributed by atoms with Gasteiger partial charge in [-0.15, -0.1) is 0 Å². The van der Waals surface area contributed by atoms with Crippen LogP contribution in [0.1, 0.15) is 28.5 Å². The van der Waals surface area contributed by atoms with Crippen LogP contribution in [-0.4, -0.2) is 36.2 Å². The van der Waals surface area contributed by atoms with E-state index in [0.29, 0.717) is 27.6 Å². The van der Waals surface area contributed by atoms with Crippen molar-refractivity contribution in [2.45, 2.75) is 12.5 Å². The Morgan fingerprint density at radius 3 is 2.44 bits per heavy atom. The van der Waals surface area contributed by atoms with E-state index in [0.717, 1.165) is 0 Å². The second-order valence-corrected chi connectivity index (χ2v) is 7.14. The molecule has 1 aromatic heterocycles. The molecular weight excluding hydrogens is 439 g/mol. The summed E-state index contributed by atoms with van der Waals surface area (Å²) < 4.78 is 24.5. The number of nitrogens with zero attached hydrogens (tertiary/aromatic N) is 1. The normalized spacial score (nSPS) is 11.5. The molecule has 0 spiro atoms. The predicted molar refractivity (Wildman–Crippen MR) is 117 cm³/mol. The number of nitrogens with one attached hydrogen (secondary N) is 1. The monoisotopic (exact) mass is 458 g/mol. The average molecular weight is 459 g/mol. The largest absolute Gasteiger partial charge is 0.496 e. The van der Waals surface area contributed by atoms with Crippen molar-refractivity contribution in [3.8, 4) is 22.8 Å². The van der Waals surface area contributed by atoms with Crippen LogP contribution in [0.2, 0.25) is 5.02 Å². The summed E-state index contributed by atoms with van der Waals surface area (Å²) in [7, 11) is 2.85. The van der Waals surface area contributed by atoms with Gasteiger partial charge in [-0.3, -0.25) is 9.59 Å². The maximum atomic E-state index is 13.9. The molecule has 1 atom stereocenters. The minimum absolute atomic E-state index is 0.0189. The quantitative estimate of drug-likeness (QED) is 0.515. The molecule has 0 aliphatic heterocycles. The zero-order valence-corrected chi connectivity index (χ0v) is 18.0. The third kappa shape index (κ3) is 5.15. The Labute approximate surface area is 188 Å². The number of carbonyl (C=O) groups excluding carboxylic acids is 1. The Kier molecular flexibility index (Phi) is 7.27. The Bertz CT molecular complexity index is 1150. The van der Waals surface area contributed by atoms with Crippen molar-refractivity contribution < 1.29 is 28.6 Å². The molecule has 0 aliphatic rings. The lowest BCUT2D eigenvalue weighted by Crippen LogP contribution is -2.31. The molecule has 3 rings (SSSR count). The number of pyridine rings is 1. The molecule has 0 aliphatic carbocycles. The van der Waals surface area contributed by atoms with Crippen LogP contribution < -0.4 is 14.8 Å². The number of amides is 1. The van der Waals surface area contributed by atoms with Gasteiger partial charge in [-0.05, 0) is 42.0 Å². The molecule has 0 unspecified atom stereocenters. The summed E-state index contributed by atoms with van der Waals surface area (Å²) in [6, 6.07) is 12.6. The number of aromatic nitrogens is 1. The molecule has 32 heavy (non-hydrogen) atoms. The average Bonchev–Trinajstić information content (AvgIpc) is 2.78. The number of carboxylic acids is 1. The lowest BCUT2D eigenvalue weighted by molar-refractivity contribution is -0.137. The summed E-state index contributed by atoms with van der Waals surface area (Å²) in [5, 5.41) is 12.3. The van der Waals surface area contributed by atoms with Crippen molar-refractivity contribution in [1.29, 1.82) is 0 Å². The molecule has 0 radical (unpaired) electrons. The SMILES string of the molecule is COc1ccc(F)cc1-c1nc(C(=O)N[C@@H](CC(=O)O)c2ccccc2Cl)ccc1OC. The molecule has 7 nitrogen and oxygen atoms in total. The fraction of sp³-hybridized carbons (Fsp3) is 0.174. The summed E-state index contributed by atoms with van der Waals surface area (Å²) in [4.78, 5) is 28.7. The van der Waals surface area contributed by atoms with Crippen LogP contribution in [0.15, 0.2) is 54.6 Å². The van der Waals surface area contributed by atoms with Crippen LogP contribution in [0.4, 0.5) is 4.39 Å². The first-order valence-corrected chi connectivity index (χ1v) is 9.87. The number of ether oxygens (including phenoxy) is 2. The van der Waals surface area contributed by atoms with Gasteiger partial charge in [0, 0.05) is 10.6 Å². The molecular formula is C23H20ClFN2O5. The van der Waals surface area contributed by atoms with Gasteiger partial charge in [0.25, 0.3) is 5.91 Å². The first kappa shape index (κ1) is 23.0. The van der Waals surface area contributed by atoms with Crippen molar-refractivity contribution in [1.82, 2.24) is 10.3 Å². The van der Waals surface area contributed by atoms with Crippen LogP contribution in [0.25, 0.3) is 11.3 Å². The zero-order valence-electron chi connectivity index (χ0n) is 17.3. The van der Waals surface area contributed by atoms with E-state index < -0.39 is 23.7 Å². The summed E-state index contributed by atoms with van der Waals surface area (Å²) in [6.07, 6.45) is -0.379. The second kappa shape index (κ2) is 10.1. The van der Waals surface area contributed by atoms with Gasteiger partial charge >= 0.3 is 5.97 Å². The number of hydrogen-bond donors (Lipinski definition) is 2. The third-order valence-electron chi connectivity index (χ3n) is 4.69. The van der Waals surface area contributed by atoms with Gasteiger partial charge in [0.2, 0.25) is 0 Å². The van der Waals surface area contributed by atoms with E-state index >= 15 is 0 Å². The highest BCUT2D eigenvalue weighted by atomic mass is 35.5. The number of aliphatic carboxylic acids is 1. The van der Waals surface area contributed by atoms with Gasteiger partial charge in [0.1, 0.15) is 28.7 Å². The lowest BCUT2D eigenvalue weighted by Gasteiger charge is -2.19. The van der Waals surface area contributed by atoms with Crippen LogP contribution in [0.3, 0.4) is 0 Å². The number of rotatable bonds is 8. The summed E-state index contributed by atoms with van der Waals surface area (Å²) >= 11 is 6.20. The lowest BCUT2D eigenvalue weighted by atomic mass is 10.0. The maximum Gasteiger partial charge on any atom is 0.305 e. The highest BCUT2D eigenvalue weighted by Gasteiger charge is 2.23. The Hall–Kier alpha value is -3.65. The Morgan fingerprint density at radius 2 is 1.78 bits per heavy atom. The van der Waals surface area contributed by atoms with Gasteiger partial charge in [0.05, 0.1) is 26.7 Å². The Morgan fingerprint density at radius 1 is 1.09 bits per heavy atom. The predicted octanol–water partition coefficient (Wildman–Crippen LogP) is 4.50. The number of benzene rings is 2. The van der Waals surface area contributed by atoms with Crippen molar-refractivity contribution in [2.75, 3.05) is 14.2 Å². The van der Waals surface area contributed by atoms with Gasteiger partial charge in [-0.2, -0.15) is 0 Å². The molecule has 166 valence electrons. The van der Waals surface area contributed by atoms with Gasteiger partial charge in [-0.25, -0.2) is 9.37 Å². The van der Waals surface area contributed by atoms with E-state index in [2.05, 4.69) is 10.3 Å². The van der Waals surface area contributed by atoms with Crippen LogP contribution >= 0.6 is 11.6 Å². The summed E-state index contributed by atoms with van der Waals surface area (Å²) in [5.74, 6) is -1.61. The molecule has 2 N–H and O–H groups in total. The van der Waals surface area contributed by atoms with E-state index in [1.807, 2.05) is 0 Å². The first-order chi connectivity index (χ1) is 15.3. The zero-order chi connectivity index (χ0) is 23.3. The van der Waals surface area contributed by atoms with E-state index in [1.165, 1.54) is 44.6 Å². The van der Waals surface area contributed by atoms with Crippen molar-refractivity contribution in [3.05, 3.63) is 76.7 Å². The molecule has 1 amide bonds. The van der Waals surface area contributed by atoms with Gasteiger partial charge in [0.15, 0.2) is 0 Å². The van der Waals surface area contributed by atoms with Crippen molar-refractivity contribution in [3.63, 3.8) is 0 Å². The van der Waals surface area contributed by atoms with Crippen LogP contribution in [0.5, 0.6) is 11.5 Å². The first-order valence-electron chi connectivity index (χ1n) is 9.50. The Balaban J connectivity index is 2.00. The number of carbonyl (C=O) groups is 2. The van der Waals surface area contributed by atoms with Gasteiger partial charge in [-0.1, -0.05) is 29.8 Å². The molecule has 0 saturated heterocycles. The standard InChI is InChI=1S/C23H20ClFN2O5/c1-31-19-9-7-13(25)11-15(19)22-20(32-2)10-8-17(26-22)23(30)27-18(12-21(28)29)14-5-3-4-6-16(14)24/h3-11,18H,12H2,1-2H3,(H,27,30)(H,28,29)/t18-/m0/s1. The molecule has 0 bridgehead atoms. The minimum Gasteiger partial charge on any atom is -0.496 e. The number of methoxy groups -OCH3 is 2. The fourth-order valence-electron chi connectivity index (χ4n) is 3.20. The van der Waals surface area contributed by atoms with E-state index in [-0.39, 0.29) is 17.8 Å². The number of hydrogen-bond acceptors (Lipinski definition) is 5. The summed E-state index contributed by atoms with van der Waals surface area (Å²) in [6.45, 7) is 0. The molecule has 2 aromatic carbocycles. The maximum absolute atomic E-state index is 13.9. The highest BCUT2D eigenvalue weighted by molar-refractivity contribution is 6.31. The van der Waals surface area contributed by atoms with E-state index in [9.17, 15) is 19.1 Å². The second-order valence-electron chi connectivity index (χ2n) is 6.74. The molecule has 9 heteroatoms. The molecule has 1 heterocycles. The van der Waals surface area contributed by atoms with E-state index in [1.54, 1.807) is 24.3 Å². The minimum atomic E-state index is -1.11. The molecule has 3 aromatic rings. The number of carboxylic acid groups (broad SMARTS) is 1. The smallest absolute Gasteiger partial charge is 0.305 e. The summed E-state index contributed by atoms with van der Waals surface area (Å²) in [5.41, 5.74) is 0.941. The third-order valence-corrected chi connectivity index (χ3v) is 5.04. The molecule has 0 fully saturated rings. The fourth-order valence-corrected chi connectivity index (χ4v) is 3.47. The topological polar surface area (TPSA) is 97.8 Å². The van der Waals surface area contributed by atoms with E-state index in [4.69, 9.17) is 21.1 Å². The van der Waals surface area contributed by atoms with Crippen LogP contribution in [0, 0.1) is 5.82 Å². The molecule has 0 saturated carbocycles. The van der Waals surface area contributed by atoms with Crippen molar-refractivity contribution in [2.24, 2.45) is 0 Å². The number of halogens is 2.